The van der Waals surface area contributed by atoms with Gasteiger partial charge in [-0.2, -0.15) is 0 Å². The van der Waals surface area contributed by atoms with E-state index in [4.69, 9.17) is 11.6 Å². The molecule has 1 heterocycles. The molecule has 1 aromatic heterocycles. The van der Waals surface area contributed by atoms with Crippen LogP contribution in [0.4, 0.5) is 0 Å². The largest absolute Gasteiger partial charge is 0.381 e. The molecule has 6 heteroatoms. The molecule has 0 saturated carbocycles. The Morgan fingerprint density at radius 3 is 2.67 bits per heavy atom. The predicted octanol–water partition coefficient (Wildman–Crippen LogP) is 0.517. The Kier molecular flexibility index (Phi) is 3.60. The first-order valence-electron chi connectivity index (χ1n) is 4.37. The number of hydrogen-bond acceptors (Lipinski definition) is 4. The van der Waals surface area contributed by atoms with Crippen molar-refractivity contribution in [3.05, 3.63) is 23.2 Å². The summed E-state index contributed by atoms with van der Waals surface area (Å²) in [4.78, 5) is 19.0. The summed E-state index contributed by atoms with van der Waals surface area (Å²) in [5.74, 6) is -0.482. The Balaban J connectivity index is 2.59. The minimum atomic E-state index is -1.41. The van der Waals surface area contributed by atoms with Gasteiger partial charge in [-0.25, -0.2) is 4.98 Å². The molecule has 0 aliphatic heterocycles. The number of rotatable bonds is 3. The molecule has 5 nitrogen and oxygen atoms in total. The molecule has 0 aromatic carbocycles. The number of nitrogens with zero attached hydrogens (tertiary/aromatic N) is 2. The fourth-order valence-electron chi connectivity index (χ4n) is 0.849. The van der Waals surface area contributed by atoms with Gasteiger partial charge in [0.2, 0.25) is 0 Å². The van der Waals surface area contributed by atoms with Crippen LogP contribution in [0, 0.1) is 0 Å². The van der Waals surface area contributed by atoms with Crippen molar-refractivity contribution in [1.82, 2.24) is 15.3 Å². The van der Waals surface area contributed by atoms with Gasteiger partial charge in [-0.05, 0) is 13.8 Å². The molecule has 0 atom stereocenters. The Hall–Kier alpha value is -1.20. The third kappa shape index (κ3) is 3.45. The molecule has 1 aromatic rings. The van der Waals surface area contributed by atoms with Crippen LogP contribution >= 0.6 is 11.6 Å². The lowest BCUT2D eigenvalue weighted by Crippen LogP contribution is -2.41. The van der Waals surface area contributed by atoms with E-state index in [0.29, 0.717) is 5.69 Å². The van der Waals surface area contributed by atoms with Crippen LogP contribution in [0.15, 0.2) is 12.4 Å². The molecule has 0 unspecified atom stereocenters. The fourth-order valence-corrected chi connectivity index (χ4v) is 1.02. The second kappa shape index (κ2) is 4.55. The van der Waals surface area contributed by atoms with E-state index in [1.165, 1.54) is 26.2 Å². The van der Waals surface area contributed by atoms with Gasteiger partial charge in [0, 0.05) is 12.4 Å². The summed E-state index contributed by atoms with van der Waals surface area (Å²) >= 11 is 5.73. The van der Waals surface area contributed by atoms with Gasteiger partial charge in [0.25, 0.3) is 5.91 Å². The van der Waals surface area contributed by atoms with Gasteiger partial charge in [0.05, 0.1) is 12.2 Å². The Morgan fingerprint density at radius 2 is 2.13 bits per heavy atom. The molecule has 0 aliphatic carbocycles. The van der Waals surface area contributed by atoms with Crippen molar-refractivity contribution < 1.29 is 9.90 Å². The van der Waals surface area contributed by atoms with E-state index >= 15 is 0 Å². The van der Waals surface area contributed by atoms with Gasteiger partial charge in [-0.1, -0.05) is 11.6 Å². The van der Waals surface area contributed by atoms with Gasteiger partial charge in [0.15, 0.2) is 5.15 Å². The van der Waals surface area contributed by atoms with Crippen LogP contribution in [-0.2, 0) is 11.3 Å². The van der Waals surface area contributed by atoms with Crippen LogP contribution in [0.25, 0.3) is 0 Å². The summed E-state index contributed by atoms with van der Waals surface area (Å²) in [6.07, 6.45) is 2.95. The molecule has 0 radical (unpaired) electrons. The molecule has 0 bridgehead atoms. The minimum absolute atomic E-state index is 0.148. The molecule has 0 spiro atoms. The summed E-state index contributed by atoms with van der Waals surface area (Å²) in [6.45, 7) is 2.96. The molecule has 82 valence electrons. The van der Waals surface area contributed by atoms with Crippen molar-refractivity contribution in [2.45, 2.75) is 26.0 Å². The predicted molar refractivity (Wildman–Crippen MR) is 55.2 cm³/mol. The quantitative estimate of drug-likeness (QED) is 0.792. The van der Waals surface area contributed by atoms with Gasteiger partial charge in [-0.3, -0.25) is 9.78 Å². The SMILES string of the molecule is CC(C)(O)C(=O)NCc1nccnc1Cl. The Morgan fingerprint density at radius 1 is 1.53 bits per heavy atom. The van der Waals surface area contributed by atoms with Crippen LogP contribution < -0.4 is 5.32 Å². The van der Waals surface area contributed by atoms with Gasteiger partial charge < -0.3 is 10.4 Å². The van der Waals surface area contributed by atoms with Crippen LogP contribution in [0.5, 0.6) is 0 Å². The summed E-state index contributed by atoms with van der Waals surface area (Å²) in [5.41, 5.74) is -0.939. The molecule has 15 heavy (non-hydrogen) atoms. The number of halogens is 1. The number of aliphatic hydroxyl groups is 1. The number of amides is 1. The Bertz CT molecular complexity index is 363. The van der Waals surface area contributed by atoms with E-state index in [2.05, 4.69) is 15.3 Å². The number of hydrogen-bond donors (Lipinski definition) is 2. The van der Waals surface area contributed by atoms with Gasteiger partial charge in [0.1, 0.15) is 5.60 Å². The van der Waals surface area contributed by atoms with Crippen LogP contribution in [0.2, 0.25) is 5.15 Å². The van der Waals surface area contributed by atoms with E-state index in [-0.39, 0.29) is 11.7 Å². The third-order valence-electron chi connectivity index (χ3n) is 1.70. The van der Waals surface area contributed by atoms with Gasteiger partial charge in [-0.15, -0.1) is 0 Å². The molecule has 1 rings (SSSR count). The van der Waals surface area contributed by atoms with E-state index in [0.717, 1.165) is 0 Å². The fraction of sp³-hybridized carbons (Fsp3) is 0.444. The van der Waals surface area contributed by atoms with E-state index in [9.17, 15) is 9.90 Å². The first-order chi connectivity index (χ1) is 6.91. The Labute approximate surface area is 92.5 Å². The highest BCUT2D eigenvalue weighted by atomic mass is 35.5. The number of aromatic nitrogens is 2. The summed E-state index contributed by atoms with van der Waals surface area (Å²) in [5, 5.41) is 12.1. The van der Waals surface area contributed by atoms with Crippen molar-refractivity contribution in [1.29, 1.82) is 0 Å². The summed E-state index contributed by atoms with van der Waals surface area (Å²) in [6, 6.07) is 0. The molecule has 2 N–H and O–H groups in total. The third-order valence-corrected chi connectivity index (χ3v) is 2.01. The topological polar surface area (TPSA) is 75.1 Å². The highest BCUT2D eigenvalue weighted by molar-refractivity contribution is 6.29. The second-order valence-electron chi connectivity index (χ2n) is 3.54. The normalized spacial score (nSPS) is 11.2. The molecule has 0 saturated heterocycles. The van der Waals surface area contributed by atoms with Gasteiger partial charge >= 0.3 is 0 Å². The van der Waals surface area contributed by atoms with Crippen molar-refractivity contribution in [3.8, 4) is 0 Å². The van der Waals surface area contributed by atoms with Crippen molar-refractivity contribution in [3.63, 3.8) is 0 Å². The molecule has 1 amide bonds. The van der Waals surface area contributed by atoms with E-state index in [1.54, 1.807) is 0 Å². The smallest absolute Gasteiger partial charge is 0.251 e. The zero-order valence-corrected chi connectivity index (χ0v) is 9.25. The number of carbonyl (C=O) groups excluding carboxylic acids is 1. The van der Waals surface area contributed by atoms with Crippen LogP contribution in [-0.4, -0.2) is 26.6 Å². The zero-order valence-electron chi connectivity index (χ0n) is 8.49. The average Bonchev–Trinajstić information content (AvgIpc) is 2.14. The first kappa shape index (κ1) is 11.9. The second-order valence-corrected chi connectivity index (χ2v) is 3.89. The number of carbonyl (C=O) groups is 1. The molecular formula is C9H12ClN3O2. The first-order valence-corrected chi connectivity index (χ1v) is 4.75. The minimum Gasteiger partial charge on any atom is -0.381 e. The summed E-state index contributed by atoms with van der Waals surface area (Å²) in [7, 11) is 0. The van der Waals surface area contributed by atoms with Crippen LogP contribution in [0.3, 0.4) is 0 Å². The number of nitrogens with one attached hydrogen (secondary N) is 1. The van der Waals surface area contributed by atoms with Crippen molar-refractivity contribution in [2.24, 2.45) is 0 Å². The lowest BCUT2D eigenvalue weighted by Gasteiger charge is -2.16. The molecule has 0 aliphatic rings. The van der Waals surface area contributed by atoms with Crippen LogP contribution in [0.1, 0.15) is 19.5 Å². The highest BCUT2D eigenvalue weighted by Crippen LogP contribution is 2.08. The van der Waals surface area contributed by atoms with E-state index < -0.39 is 11.5 Å². The lowest BCUT2D eigenvalue weighted by molar-refractivity contribution is -0.136. The van der Waals surface area contributed by atoms with Crippen molar-refractivity contribution in [2.75, 3.05) is 0 Å². The van der Waals surface area contributed by atoms with E-state index in [1.807, 2.05) is 0 Å². The monoisotopic (exact) mass is 229 g/mol. The maximum absolute atomic E-state index is 11.3. The lowest BCUT2D eigenvalue weighted by atomic mass is 10.1. The maximum Gasteiger partial charge on any atom is 0.251 e. The summed E-state index contributed by atoms with van der Waals surface area (Å²) < 4.78 is 0. The average molecular weight is 230 g/mol. The maximum atomic E-state index is 11.3. The molecular weight excluding hydrogens is 218 g/mol. The standard InChI is InChI=1S/C9H12ClN3O2/c1-9(2,15)8(14)13-5-6-7(10)12-4-3-11-6/h3-4,15H,5H2,1-2H3,(H,13,14). The highest BCUT2D eigenvalue weighted by Gasteiger charge is 2.23. The zero-order chi connectivity index (χ0) is 11.5. The molecule has 0 fully saturated rings. The van der Waals surface area contributed by atoms with Crippen molar-refractivity contribution >= 4 is 17.5 Å².